The number of carbonyl (C=O) groups is 1. The minimum absolute atomic E-state index is 0.0896. The van der Waals surface area contributed by atoms with Crippen molar-refractivity contribution in [1.29, 1.82) is 0 Å². The van der Waals surface area contributed by atoms with Gasteiger partial charge in [-0.1, -0.05) is 17.7 Å². The molecule has 1 nitrogen and oxygen atoms in total. The van der Waals surface area contributed by atoms with E-state index in [0.717, 1.165) is 11.3 Å². The maximum atomic E-state index is 13.3. The van der Waals surface area contributed by atoms with Crippen LogP contribution in [0.2, 0.25) is 5.02 Å². The number of thiophene rings is 1. The number of benzene rings is 1. The van der Waals surface area contributed by atoms with Crippen molar-refractivity contribution in [3.63, 3.8) is 0 Å². The van der Waals surface area contributed by atoms with E-state index >= 15 is 0 Å². The van der Waals surface area contributed by atoms with Crippen LogP contribution in [-0.4, -0.2) is 6.29 Å². The molecule has 0 aliphatic heterocycles. The standard InChI is InChI=1S/C9H4ClFOS/c10-7-2-1-5-3-6(4-12)13-9(5)8(7)11/h1-4H. The molecule has 0 radical (unpaired) electrons. The van der Waals surface area contributed by atoms with Crippen molar-refractivity contribution in [2.45, 2.75) is 0 Å². The Labute approximate surface area is 82.7 Å². The highest BCUT2D eigenvalue weighted by Gasteiger charge is 2.08. The molecule has 1 heterocycles. The third kappa shape index (κ3) is 1.34. The number of rotatable bonds is 1. The Morgan fingerprint density at radius 2 is 2.23 bits per heavy atom. The monoisotopic (exact) mass is 214 g/mol. The lowest BCUT2D eigenvalue weighted by molar-refractivity contribution is 0.112. The summed E-state index contributed by atoms with van der Waals surface area (Å²) in [5.41, 5.74) is 0. The van der Waals surface area contributed by atoms with Crippen LogP contribution in [-0.2, 0) is 0 Å². The molecule has 1 aromatic carbocycles. The second-order valence-corrected chi connectivity index (χ2v) is 4.04. The average molecular weight is 215 g/mol. The molecular formula is C9H4ClFOS. The summed E-state index contributed by atoms with van der Waals surface area (Å²) in [6, 6.07) is 4.83. The summed E-state index contributed by atoms with van der Waals surface area (Å²) < 4.78 is 13.7. The molecule has 0 aliphatic carbocycles. The van der Waals surface area contributed by atoms with Crippen LogP contribution in [0.3, 0.4) is 0 Å². The smallest absolute Gasteiger partial charge is 0.160 e. The number of hydrogen-bond acceptors (Lipinski definition) is 2. The molecule has 0 saturated carbocycles. The van der Waals surface area contributed by atoms with Gasteiger partial charge in [-0.05, 0) is 17.5 Å². The molecule has 1 aromatic heterocycles. The van der Waals surface area contributed by atoms with E-state index in [4.69, 9.17) is 11.6 Å². The Kier molecular flexibility index (Phi) is 2.06. The van der Waals surface area contributed by atoms with Crippen LogP contribution < -0.4 is 0 Å². The minimum Gasteiger partial charge on any atom is -0.297 e. The number of carbonyl (C=O) groups excluding carboxylic acids is 1. The van der Waals surface area contributed by atoms with Crippen LogP contribution in [0.25, 0.3) is 10.1 Å². The molecule has 0 amide bonds. The molecule has 0 unspecified atom stereocenters. The highest BCUT2D eigenvalue weighted by Crippen LogP contribution is 2.30. The molecule has 0 bridgehead atoms. The molecule has 2 rings (SSSR count). The zero-order chi connectivity index (χ0) is 9.42. The fourth-order valence-electron chi connectivity index (χ4n) is 1.12. The van der Waals surface area contributed by atoms with E-state index in [-0.39, 0.29) is 5.02 Å². The fraction of sp³-hybridized carbons (Fsp3) is 0. The van der Waals surface area contributed by atoms with Crippen molar-refractivity contribution < 1.29 is 9.18 Å². The fourth-order valence-corrected chi connectivity index (χ4v) is 2.25. The number of aldehydes is 1. The first-order chi connectivity index (χ1) is 6.22. The molecule has 0 spiro atoms. The van der Waals surface area contributed by atoms with Gasteiger partial charge in [-0.3, -0.25) is 4.79 Å². The van der Waals surface area contributed by atoms with Gasteiger partial charge in [0.25, 0.3) is 0 Å². The van der Waals surface area contributed by atoms with Crippen molar-refractivity contribution in [2.75, 3.05) is 0 Å². The molecule has 0 N–H and O–H groups in total. The Bertz CT molecular complexity index is 478. The third-order valence-corrected chi connectivity index (χ3v) is 3.07. The zero-order valence-corrected chi connectivity index (χ0v) is 7.95. The normalized spacial score (nSPS) is 10.6. The predicted octanol–water partition coefficient (Wildman–Crippen LogP) is 3.51. The van der Waals surface area contributed by atoms with Crippen molar-refractivity contribution >= 4 is 39.3 Å². The van der Waals surface area contributed by atoms with Crippen LogP contribution in [0, 0.1) is 5.82 Å². The number of halogens is 2. The molecule has 13 heavy (non-hydrogen) atoms. The van der Waals surface area contributed by atoms with E-state index in [1.54, 1.807) is 12.1 Å². The van der Waals surface area contributed by atoms with Crippen molar-refractivity contribution in [2.24, 2.45) is 0 Å². The highest BCUT2D eigenvalue weighted by molar-refractivity contribution is 7.20. The average Bonchev–Trinajstić information content (AvgIpc) is 2.55. The van der Waals surface area contributed by atoms with E-state index in [1.807, 2.05) is 0 Å². The van der Waals surface area contributed by atoms with Gasteiger partial charge in [0.1, 0.15) is 0 Å². The van der Waals surface area contributed by atoms with E-state index in [2.05, 4.69) is 0 Å². The molecule has 0 atom stereocenters. The van der Waals surface area contributed by atoms with Crippen LogP contribution >= 0.6 is 22.9 Å². The van der Waals surface area contributed by atoms with Gasteiger partial charge < -0.3 is 0 Å². The molecule has 0 fully saturated rings. The van der Waals surface area contributed by atoms with Crippen LogP contribution in [0.1, 0.15) is 9.67 Å². The summed E-state index contributed by atoms with van der Waals surface area (Å²) >= 11 is 6.69. The first-order valence-electron chi connectivity index (χ1n) is 3.55. The number of fused-ring (bicyclic) bond motifs is 1. The first-order valence-corrected chi connectivity index (χ1v) is 4.74. The summed E-state index contributed by atoms with van der Waals surface area (Å²) in [6.45, 7) is 0. The maximum absolute atomic E-state index is 13.3. The Morgan fingerprint density at radius 1 is 1.46 bits per heavy atom. The third-order valence-electron chi connectivity index (χ3n) is 1.71. The van der Waals surface area contributed by atoms with Gasteiger partial charge in [0.2, 0.25) is 0 Å². The molecule has 66 valence electrons. The van der Waals surface area contributed by atoms with Gasteiger partial charge in [0, 0.05) is 0 Å². The molecule has 4 heteroatoms. The quantitative estimate of drug-likeness (QED) is 0.664. The topological polar surface area (TPSA) is 17.1 Å². The zero-order valence-electron chi connectivity index (χ0n) is 6.38. The second kappa shape index (κ2) is 3.09. The summed E-state index contributed by atoms with van der Waals surface area (Å²) in [7, 11) is 0. The molecule has 0 aliphatic rings. The van der Waals surface area contributed by atoms with Gasteiger partial charge in [-0.2, -0.15) is 0 Å². The van der Waals surface area contributed by atoms with Crippen molar-refractivity contribution in [3.05, 3.63) is 33.9 Å². The van der Waals surface area contributed by atoms with Gasteiger partial charge in [-0.25, -0.2) is 4.39 Å². The van der Waals surface area contributed by atoms with Gasteiger partial charge >= 0.3 is 0 Å². The number of hydrogen-bond donors (Lipinski definition) is 0. The maximum Gasteiger partial charge on any atom is 0.160 e. The molecular weight excluding hydrogens is 211 g/mol. The summed E-state index contributed by atoms with van der Waals surface area (Å²) in [5, 5.41) is 0.806. The van der Waals surface area contributed by atoms with Crippen LogP contribution in [0.4, 0.5) is 4.39 Å². The van der Waals surface area contributed by atoms with E-state index < -0.39 is 5.82 Å². The molecule has 2 aromatic rings. The van der Waals surface area contributed by atoms with E-state index in [9.17, 15) is 9.18 Å². The van der Waals surface area contributed by atoms with Gasteiger partial charge in [0.05, 0.1) is 14.6 Å². The molecule has 0 saturated heterocycles. The predicted molar refractivity (Wildman–Crippen MR) is 52.2 cm³/mol. The summed E-state index contributed by atoms with van der Waals surface area (Å²) in [4.78, 5) is 10.9. The Hall–Kier alpha value is -0.930. The van der Waals surface area contributed by atoms with Crippen molar-refractivity contribution in [3.8, 4) is 0 Å². The highest BCUT2D eigenvalue weighted by atomic mass is 35.5. The second-order valence-electron chi connectivity index (χ2n) is 2.55. The Balaban J connectivity index is 2.83. The van der Waals surface area contributed by atoms with Crippen LogP contribution in [0.15, 0.2) is 18.2 Å². The summed E-state index contributed by atoms with van der Waals surface area (Å²) in [6.07, 6.45) is 0.706. The largest absolute Gasteiger partial charge is 0.297 e. The van der Waals surface area contributed by atoms with E-state index in [0.29, 0.717) is 21.2 Å². The summed E-state index contributed by atoms with van der Waals surface area (Å²) in [5.74, 6) is -0.447. The SMILES string of the molecule is O=Cc1cc2ccc(Cl)c(F)c2s1. The van der Waals surface area contributed by atoms with Gasteiger partial charge in [0.15, 0.2) is 12.1 Å². The lowest BCUT2D eigenvalue weighted by Crippen LogP contribution is -1.74. The lowest BCUT2D eigenvalue weighted by Gasteiger charge is -1.93. The van der Waals surface area contributed by atoms with E-state index in [1.165, 1.54) is 6.07 Å². The Morgan fingerprint density at radius 3 is 2.92 bits per heavy atom. The first kappa shape index (κ1) is 8.66. The minimum atomic E-state index is -0.447. The van der Waals surface area contributed by atoms with Crippen molar-refractivity contribution in [1.82, 2.24) is 0 Å². The lowest BCUT2D eigenvalue weighted by atomic mass is 10.2. The van der Waals surface area contributed by atoms with Gasteiger partial charge in [-0.15, -0.1) is 11.3 Å². The van der Waals surface area contributed by atoms with Crippen LogP contribution in [0.5, 0.6) is 0 Å².